The van der Waals surface area contributed by atoms with E-state index in [0.717, 1.165) is 6.42 Å². The minimum atomic E-state index is -0.482. The molecule has 1 aromatic carbocycles. The SMILES string of the molecule is Cc1cccc(C2=C[C@@H]3O[C@H](C2)[C@H]2OC(C)(C)O[C@H]23)c1. The maximum absolute atomic E-state index is 6.01. The van der Waals surface area contributed by atoms with Crippen molar-refractivity contribution < 1.29 is 14.2 Å². The molecule has 2 fully saturated rings. The van der Waals surface area contributed by atoms with E-state index in [1.54, 1.807) is 0 Å². The highest BCUT2D eigenvalue weighted by Gasteiger charge is 2.56. The zero-order valence-corrected chi connectivity index (χ0v) is 12.1. The van der Waals surface area contributed by atoms with Gasteiger partial charge in [0.1, 0.15) is 18.3 Å². The predicted molar refractivity (Wildman–Crippen MR) is 76.3 cm³/mol. The largest absolute Gasteiger partial charge is 0.365 e. The smallest absolute Gasteiger partial charge is 0.164 e. The van der Waals surface area contributed by atoms with Gasteiger partial charge in [-0.25, -0.2) is 0 Å². The quantitative estimate of drug-likeness (QED) is 0.786. The van der Waals surface area contributed by atoms with Gasteiger partial charge in [0.2, 0.25) is 0 Å². The number of aryl methyl sites for hydroxylation is 1. The summed E-state index contributed by atoms with van der Waals surface area (Å²) in [6.45, 7) is 6.08. The van der Waals surface area contributed by atoms with E-state index in [1.165, 1.54) is 16.7 Å². The molecule has 2 saturated heterocycles. The Balaban J connectivity index is 1.65. The van der Waals surface area contributed by atoms with Crippen molar-refractivity contribution in [2.75, 3.05) is 0 Å². The first-order chi connectivity index (χ1) is 9.52. The fourth-order valence-corrected chi connectivity index (χ4v) is 3.56. The van der Waals surface area contributed by atoms with Crippen LogP contribution in [0, 0.1) is 6.92 Å². The third kappa shape index (κ3) is 1.93. The summed E-state index contributed by atoms with van der Waals surface area (Å²) >= 11 is 0. The summed E-state index contributed by atoms with van der Waals surface area (Å²) < 4.78 is 18.0. The fourth-order valence-electron chi connectivity index (χ4n) is 3.56. The Morgan fingerprint density at radius 1 is 1.15 bits per heavy atom. The number of fused-ring (bicyclic) bond motifs is 5. The van der Waals surface area contributed by atoms with Crippen LogP contribution in [0.25, 0.3) is 5.57 Å². The van der Waals surface area contributed by atoms with Gasteiger partial charge in [-0.05, 0) is 38.0 Å². The highest BCUT2D eigenvalue weighted by molar-refractivity contribution is 5.68. The van der Waals surface area contributed by atoms with Crippen LogP contribution in [-0.4, -0.2) is 30.2 Å². The van der Waals surface area contributed by atoms with E-state index < -0.39 is 5.79 Å². The molecule has 0 saturated carbocycles. The van der Waals surface area contributed by atoms with Crippen molar-refractivity contribution in [2.45, 2.75) is 57.4 Å². The number of hydrogen-bond donors (Lipinski definition) is 0. The van der Waals surface area contributed by atoms with Gasteiger partial charge in [-0.3, -0.25) is 0 Å². The van der Waals surface area contributed by atoms with Gasteiger partial charge >= 0.3 is 0 Å². The molecule has 0 aromatic heterocycles. The first-order valence-corrected chi connectivity index (χ1v) is 7.31. The summed E-state index contributed by atoms with van der Waals surface area (Å²) in [4.78, 5) is 0. The second-order valence-corrected chi connectivity index (χ2v) is 6.47. The van der Waals surface area contributed by atoms with Crippen LogP contribution in [0.2, 0.25) is 0 Å². The summed E-state index contributed by atoms with van der Waals surface area (Å²) in [5.74, 6) is -0.482. The first kappa shape index (κ1) is 12.6. The summed E-state index contributed by atoms with van der Waals surface area (Å²) in [6, 6.07) is 8.64. The van der Waals surface area contributed by atoms with E-state index in [4.69, 9.17) is 14.2 Å². The molecule has 3 aliphatic rings. The molecule has 0 spiro atoms. The third-order valence-electron chi connectivity index (χ3n) is 4.36. The molecule has 3 heteroatoms. The molecular weight excluding hydrogens is 252 g/mol. The zero-order valence-electron chi connectivity index (χ0n) is 12.1. The van der Waals surface area contributed by atoms with Crippen molar-refractivity contribution in [2.24, 2.45) is 0 Å². The van der Waals surface area contributed by atoms with Crippen LogP contribution in [0.5, 0.6) is 0 Å². The zero-order chi connectivity index (χ0) is 13.9. The average Bonchev–Trinajstić information content (AvgIpc) is 2.84. The van der Waals surface area contributed by atoms with Gasteiger partial charge in [0.05, 0.1) is 6.10 Å². The summed E-state index contributed by atoms with van der Waals surface area (Å²) in [6.07, 6.45) is 3.37. The average molecular weight is 272 g/mol. The van der Waals surface area contributed by atoms with Gasteiger partial charge in [0.15, 0.2) is 5.79 Å². The highest BCUT2D eigenvalue weighted by atomic mass is 16.8. The van der Waals surface area contributed by atoms with Crippen LogP contribution >= 0.6 is 0 Å². The molecule has 106 valence electrons. The minimum absolute atomic E-state index is 0.0241. The van der Waals surface area contributed by atoms with Crippen LogP contribution in [-0.2, 0) is 14.2 Å². The van der Waals surface area contributed by atoms with Gasteiger partial charge < -0.3 is 14.2 Å². The molecule has 3 aliphatic heterocycles. The molecule has 2 bridgehead atoms. The lowest BCUT2D eigenvalue weighted by Gasteiger charge is -2.27. The number of hydrogen-bond acceptors (Lipinski definition) is 3. The molecular formula is C17H20O3. The lowest BCUT2D eigenvalue weighted by atomic mass is 9.97. The Hall–Kier alpha value is -1.16. The molecule has 1 aromatic rings. The Bertz CT molecular complexity index is 575. The number of rotatable bonds is 1. The molecule has 4 atom stereocenters. The van der Waals surface area contributed by atoms with Crippen molar-refractivity contribution in [3.63, 3.8) is 0 Å². The van der Waals surface area contributed by atoms with Gasteiger partial charge in [0.25, 0.3) is 0 Å². The molecule has 0 radical (unpaired) electrons. The van der Waals surface area contributed by atoms with Gasteiger partial charge in [0, 0.05) is 6.42 Å². The van der Waals surface area contributed by atoms with Gasteiger partial charge in [-0.1, -0.05) is 29.8 Å². The maximum atomic E-state index is 6.01. The van der Waals surface area contributed by atoms with Gasteiger partial charge in [-0.2, -0.15) is 0 Å². The molecule has 0 unspecified atom stereocenters. The molecule has 20 heavy (non-hydrogen) atoms. The standard InChI is InChI=1S/C17H20O3/c1-10-5-4-6-11(7-10)12-8-13-15-16(14(9-12)18-13)20-17(2,3)19-15/h4-8,13-16H,9H2,1-3H3/t13-,14+,15-,16+/m0/s1. The van der Waals surface area contributed by atoms with E-state index in [9.17, 15) is 0 Å². The third-order valence-corrected chi connectivity index (χ3v) is 4.36. The fraction of sp³-hybridized carbons (Fsp3) is 0.529. The lowest BCUT2D eigenvalue weighted by molar-refractivity contribution is -0.182. The van der Waals surface area contributed by atoms with E-state index in [2.05, 4.69) is 37.3 Å². The topological polar surface area (TPSA) is 27.7 Å². The van der Waals surface area contributed by atoms with Gasteiger partial charge in [-0.15, -0.1) is 0 Å². The Kier molecular flexibility index (Phi) is 2.62. The minimum Gasteiger partial charge on any atom is -0.365 e. The van der Waals surface area contributed by atoms with Crippen molar-refractivity contribution >= 4 is 5.57 Å². The molecule has 4 rings (SSSR count). The molecule has 0 amide bonds. The van der Waals surface area contributed by atoms with E-state index in [0.29, 0.717) is 0 Å². The Morgan fingerprint density at radius 2 is 1.95 bits per heavy atom. The van der Waals surface area contributed by atoms with Crippen LogP contribution in [0.15, 0.2) is 30.3 Å². The van der Waals surface area contributed by atoms with E-state index in [-0.39, 0.29) is 24.4 Å². The van der Waals surface area contributed by atoms with E-state index in [1.807, 2.05) is 13.8 Å². The molecule has 0 aliphatic carbocycles. The molecule has 0 N–H and O–H groups in total. The van der Waals surface area contributed by atoms with E-state index >= 15 is 0 Å². The van der Waals surface area contributed by atoms with Crippen molar-refractivity contribution in [1.29, 1.82) is 0 Å². The highest BCUT2D eigenvalue weighted by Crippen LogP contribution is 2.45. The maximum Gasteiger partial charge on any atom is 0.164 e. The Morgan fingerprint density at radius 3 is 2.75 bits per heavy atom. The number of ether oxygens (including phenoxy) is 3. The summed E-state index contributed by atoms with van der Waals surface area (Å²) in [7, 11) is 0. The number of benzene rings is 1. The first-order valence-electron chi connectivity index (χ1n) is 7.31. The normalized spacial score (nSPS) is 37.6. The van der Waals surface area contributed by atoms with Crippen LogP contribution in [0.3, 0.4) is 0 Å². The predicted octanol–water partition coefficient (Wildman–Crippen LogP) is 3.07. The van der Waals surface area contributed by atoms with Crippen molar-refractivity contribution in [3.05, 3.63) is 41.5 Å². The Labute approximate surface area is 119 Å². The monoisotopic (exact) mass is 272 g/mol. The summed E-state index contributed by atoms with van der Waals surface area (Å²) in [5, 5.41) is 0. The van der Waals surface area contributed by atoms with Crippen LogP contribution in [0.4, 0.5) is 0 Å². The molecule has 3 heterocycles. The second-order valence-electron chi connectivity index (χ2n) is 6.47. The molecule has 3 nitrogen and oxygen atoms in total. The van der Waals surface area contributed by atoms with Crippen molar-refractivity contribution in [1.82, 2.24) is 0 Å². The van der Waals surface area contributed by atoms with Crippen LogP contribution < -0.4 is 0 Å². The second kappa shape index (κ2) is 4.17. The van der Waals surface area contributed by atoms with Crippen molar-refractivity contribution in [3.8, 4) is 0 Å². The summed E-state index contributed by atoms with van der Waals surface area (Å²) in [5.41, 5.74) is 3.94. The lowest BCUT2D eigenvalue weighted by Crippen LogP contribution is -2.30. The van der Waals surface area contributed by atoms with Crippen LogP contribution in [0.1, 0.15) is 31.4 Å².